The fourth-order valence-electron chi connectivity index (χ4n) is 4.99. The first-order valence-corrected chi connectivity index (χ1v) is 13.4. The maximum absolute atomic E-state index is 14.0. The van der Waals surface area contributed by atoms with Crippen molar-refractivity contribution in [1.82, 2.24) is 19.1 Å². The molecule has 1 amide bonds. The van der Waals surface area contributed by atoms with Crippen molar-refractivity contribution < 1.29 is 32.2 Å². The molecule has 0 spiro atoms. The highest BCUT2D eigenvalue weighted by atomic mass is 19.4. The van der Waals surface area contributed by atoms with Crippen LogP contribution in [0.3, 0.4) is 0 Å². The normalized spacial score (nSPS) is 13.6. The smallest absolute Gasteiger partial charge is 0.497 e. The zero-order valence-corrected chi connectivity index (χ0v) is 23.7. The van der Waals surface area contributed by atoms with Gasteiger partial charge in [0, 0.05) is 24.1 Å². The van der Waals surface area contributed by atoms with Gasteiger partial charge in [-0.3, -0.25) is 9.36 Å². The van der Waals surface area contributed by atoms with Crippen LogP contribution in [0.1, 0.15) is 48.7 Å². The van der Waals surface area contributed by atoms with E-state index in [1.54, 1.807) is 60.2 Å². The highest BCUT2D eigenvalue weighted by Gasteiger charge is 2.32. The molecule has 0 aliphatic carbocycles. The van der Waals surface area contributed by atoms with Crippen LogP contribution in [-0.2, 0) is 30.7 Å². The molecule has 0 bridgehead atoms. The third kappa shape index (κ3) is 6.37. The number of ether oxygens (including phenoxy) is 3. The lowest BCUT2D eigenvalue weighted by molar-refractivity contribution is -0.274. The van der Waals surface area contributed by atoms with Crippen LogP contribution in [0, 0.1) is 0 Å². The summed E-state index contributed by atoms with van der Waals surface area (Å²) in [5.41, 5.74) is 3.11. The molecule has 0 fully saturated rings. The molecule has 3 heterocycles. The molecule has 42 heavy (non-hydrogen) atoms. The fraction of sp³-hybridized carbons (Fsp3) is 0.367. The van der Waals surface area contributed by atoms with E-state index in [2.05, 4.69) is 9.84 Å². The van der Waals surface area contributed by atoms with Gasteiger partial charge in [-0.1, -0.05) is 24.3 Å². The number of halogens is 3. The first kappa shape index (κ1) is 29.0. The Balaban J connectivity index is 1.56. The topological polar surface area (TPSA) is 87.3 Å². The maximum Gasteiger partial charge on any atom is 0.573 e. The Bertz CT molecular complexity index is 1650. The van der Waals surface area contributed by atoms with E-state index in [1.165, 1.54) is 12.1 Å². The van der Waals surface area contributed by atoms with Crippen LogP contribution in [0.2, 0.25) is 0 Å². The quantitative estimate of drug-likeness (QED) is 0.304. The number of alkyl halides is 3. The summed E-state index contributed by atoms with van der Waals surface area (Å²) in [6.45, 7) is 6.10. The Hall–Kier alpha value is -4.48. The number of hydrogen-bond acceptors (Lipinski definition) is 6. The average Bonchev–Trinajstić information content (AvgIpc) is 3.34. The summed E-state index contributed by atoms with van der Waals surface area (Å²) >= 11 is 0. The van der Waals surface area contributed by atoms with Crippen molar-refractivity contribution in [2.75, 3.05) is 13.7 Å². The van der Waals surface area contributed by atoms with Gasteiger partial charge >= 0.3 is 12.5 Å². The second-order valence-corrected chi connectivity index (χ2v) is 11.1. The Kier molecular flexibility index (Phi) is 7.65. The van der Waals surface area contributed by atoms with Crippen LogP contribution in [0.4, 0.5) is 18.0 Å². The first-order chi connectivity index (χ1) is 19.8. The molecule has 2 aromatic heterocycles. The molecule has 1 aliphatic rings. The van der Waals surface area contributed by atoms with Crippen molar-refractivity contribution in [3.8, 4) is 11.5 Å². The van der Waals surface area contributed by atoms with E-state index < -0.39 is 18.1 Å². The molecule has 1 aliphatic heterocycles. The van der Waals surface area contributed by atoms with Crippen molar-refractivity contribution in [3.63, 3.8) is 0 Å². The van der Waals surface area contributed by atoms with Crippen molar-refractivity contribution in [2.45, 2.75) is 58.7 Å². The van der Waals surface area contributed by atoms with Crippen molar-refractivity contribution in [1.29, 1.82) is 0 Å². The molecule has 12 heteroatoms. The Labute approximate surface area is 240 Å². The van der Waals surface area contributed by atoms with Gasteiger partial charge < -0.3 is 19.1 Å². The summed E-state index contributed by atoms with van der Waals surface area (Å²) in [6.07, 6.45) is -2.98. The van der Waals surface area contributed by atoms with Crippen molar-refractivity contribution >= 4 is 11.7 Å². The number of fused-ring (bicyclic) bond motifs is 3. The molecular formula is C30H31F3N4O5. The molecule has 222 valence electrons. The highest BCUT2D eigenvalue weighted by Crippen LogP contribution is 2.26. The minimum absolute atomic E-state index is 0.143. The summed E-state index contributed by atoms with van der Waals surface area (Å²) in [6, 6.07) is 13.0. The van der Waals surface area contributed by atoms with Gasteiger partial charge in [0.2, 0.25) is 0 Å². The molecule has 0 N–H and O–H groups in total. The summed E-state index contributed by atoms with van der Waals surface area (Å²) in [5, 5.41) is 4.62. The lowest BCUT2D eigenvalue weighted by Crippen LogP contribution is -2.43. The molecular weight excluding hydrogens is 553 g/mol. The Morgan fingerprint density at radius 1 is 0.976 bits per heavy atom. The number of nitrogens with zero attached hydrogens (tertiary/aromatic N) is 4. The molecule has 0 saturated carbocycles. The van der Waals surface area contributed by atoms with Gasteiger partial charge in [0.15, 0.2) is 0 Å². The number of hydrogen-bond donors (Lipinski definition) is 0. The van der Waals surface area contributed by atoms with Crippen LogP contribution in [0.15, 0.2) is 59.5 Å². The van der Waals surface area contributed by atoms with Gasteiger partial charge in [-0.25, -0.2) is 9.31 Å². The number of benzene rings is 2. The van der Waals surface area contributed by atoms with E-state index in [-0.39, 0.29) is 24.4 Å². The molecule has 5 rings (SSSR count). The van der Waals surface area contributed by atoms with Crippen LogP contribution in [0.25, 0.3) is 5.65 Å². The molecule has 0 saturated heterocycles. The van der Waals surface area contributed by atoms with Crippen molar-refractivity contribution in [3.05, 3.63) is 93.0 Å². The molecule has 4 aromatic rings. The molecule has 2 aromatic carbocycles. The van der Waals surface area contributed by atoms with Crippen LogP contribution in [-0.4, -0.2) is 50.8 Å². The zero-order valence-electron chi connectivity index (χ0n) is 23.7. The predicted octanol–water partition coefficient (Wildman–Crippen LogP) is 5.34. The third-order valence-electron chi connectivity index (χ3n) is 6.86. The summed E-state index contributed by atoms with van der Waals surface area (Å²) in [7, 11) is 1.58. The van der Waals surface area contributed by atoms with E-state index in [0.717, 1.165) is 5.56 Å². The second-order valence-electron chi connectivity index (χ2n) is 11.1. The van der Waals surface area contributed by atoms with Crippen LogP contribution >= 0.6 is 0 Å². The number of amides is 1. The SMILES string of the molecule is COc1ccc(Cn2c(=O)c3c(n4ncc(Cc5ccc(OC(F)(F)F)cc5)c24)CN(C(=O)OC(C)(C)C)CC3)cc1. The molecule has 0 unspecified atom stereocenters. The minimum atomic E-state index is -4.78. The van der Waals surface area contributed by atoms with Gasteiger partial charge in [0.25, 0.3) is 5.56 Å². The number of carbonyl (C=O) groups excluding carboxylic acids is 1. The van der Waals surface area contributed by atoms with Crippen molar-refractivity contribution in [2.24, 2.45) is 0 Å². The predicted molar refractivity (Wildman–Crippen MR) is 148 cm³/mol. The summed E-state index contributed by atoms with van der Waals surface area (Å²) in [4.78, 5) is 28.4. The first-order valence-electron chi connectivity index (χ1n) is 13.4. The summed E-state index contributed by atoms with van der Waals surface area (Å²) in [5.74, 6) is 0.366. The van der Waals surface area contributed by atoms with E-state index in [1.807, 2.05) is 24.3 Å². The lowest BCUT2D eigenvalue weighted by Gasteiger charge is -2.31. The highest BCUT2D eigenvalue weighted by molar-refractivity contribution is 5.68. The third-order valence-corrected chi connectivity index (χ3v) is 6.86. The van der Waals surface area contributed by atoms with E-state index in [9.17, 15) is 22.8 Å². The molecule has 0 atom stereocenters. The zero-order chi connectivity index (χ0) is 30.2. The Morgan fingerprint density at radius 3 is 2.24 bits per heavy atom. The van der Waals surface area contributed by atoms with Gasteiger partial charge in [0.1, 0.15) is 22.7 Å². The second kappa shape index (κ2) is 11.1. The lowest BCUT2D eigenvalue weighted by atomic mass is 10.0. The van der Waals surface area contributed by atoms with Gasteiger partial charge in [-0.2, -0.15) is 5.10 Å². The average molecular weight is 585 g/mol. The fourth-order valence-corrected chi connectivity index (χ4v) is 4.99. The van der Waals surface area contributed by atoms with Gasteiger partial charge in [-0.15, -0.1) is 13.2 Å². The molecule has 0 radical (unpaired) electrons. The summed E-state index contributed by atoms with van der Waals surface area (Å²) < 4.78 is 56.0. The van der Waals surface area contributed by atoms with Crippen LogP contribution in [0.5, 0.6) is 11.5 Å². The van der Waals surface area contributed by atoms with E-state index in [0.29, 0.717) is 53.2 Å². The van der Waals surface area contributed by atoms with Gasteiger partial charge in [0.05, 0.1) is 32.1 Å². The monoisotopic (exact) mass is 584 g/mol. The minimum Gasteiger partial charge on any atom is -0.497 e. The number of aromatic nitrogens is 3. The standard InChI is InChI=1S/C30H31F3N4O5/c1-29(2,3)42-28(39)35-14-13-24-25(18-35)37-26(36(27(24)38)17-20-7-9-22(40-4)10-8-20)21(16-34-37)15-19-5-11-23(12-6-19)41-30(31,32)33/h5-12,16H,13-15,17-18H2,1-4H3. The largest absolute Gasteiger partial charge is 0.573 e. The van der Waals surface area contributed by atoms with E-state index in [4.69, 9.17) is 9.47 Å². The Morgan fingerprint density at radius 2 is 1.62 bits per heavy atom. The van der Waals surface area contributed by atoms with E-state index >= 15 is 0 Å². The number of rotatable bonds is 6. The number of carbonyl (C=O) groups is 1. The number of methoxy groups -OCH3 is 1. The molecule has 9 nitrogen and oxygen atoms in total. The maximum atomic E-state index is 14.0. The van der Waals surface area contributed by atoms with Crippen LogP contribution < -0.4 is 15.0 Å². The van der Waals surface area contributed by atoms with Gasteiger partial charge in [-0.05, 0) is 62.6 Å².